The van der Waals surface area contributed by atoms with Crippen molar-refractivity contribution in [1.29, 1.82) is 0 Å². The molecule has 0 unspecified atom stereocenters. The maximum Gasteiger partial charge on any atom is 0.282 e. The van der Waals surface area contributed by atoms with Gasteiger partial charge in [0.15, 0.2) is 0 Å². The van der Waals surface area contributed by atoms with E-state index >= 15 is 0 Å². The van der Waals surface area contributed by atoms with Gasteiger partial charge in [0.05, 0.1) is 6.54 Å². The van der Waals surface area contributed by atoms with Crippen LogP contribution in [0.25, 0.3) is 0 Å². The van der Waals surface area contributed by atoms with E-state index in [4.69, 9.17) is 11.5 Å². The van der Waals surface area contributed by atoms with E-state index in [1.54, 1.807) is 6.92 Å². The predicted molar refractivity (Wildman–Crippen MR) is 68.9 cm³/mol. The summed E-state index contributed by atoms with van der Waals surface area (Å²) in [5, 5.41) is 0. The molecule has 0 aromatic heterocycles. The molecule has 0 aromatic carbocycles. The first kappa shape index (κ1) is 16.7. The monoisotopic (exact) mass is 300 g/mol. The number of hydrogen-bond donors (Lipinski definition) is 2. The SMILES string of the molecule is C[C@H]1CN(S(=O)(=O)N(CCN)CC(F)F)C[C@]1(C)N. The third-order valence-electron chi connectivity index (χ3n) is 3.49. The van der Waals surface area contributed by atoms with E-state index in [1.165, 1.54) is 0 Å². The Bertz CT molecular complexity index is 394. The zero-order chi connectivity index (χ0) is 14.8. The Morgan fingerprint density at radius 1 is 1.53 bits per heavy atom. The van der Waals surface area contributed by atoms with Crippen LogP contribution in [0.4, 0.5) is 8.78 Å². The minimum atomic E-state index is -3.94. The molecule has 0 radical (unpaired) electrons. The lowest BCUT2D eigenvalue weighted by Gasteiger charge is -2.27. The summed E-state index contributed by atoms with van der Waals surface area (Å²) in [5.41, 5.74) is 10.6. The van der Waals surface area contributed by atoms with Gasteiger partial charge in [-0.3, -0.25) is 0 Å². The summed E-state index contributed by atoms with van der Waals surface area (Å²) in [6, 6.07) is 0. The first-order valence-corrected chi connectivity index (χ1v) is 7.53. The van der Waals surface area contributed by atoms with Crippen LogP contribution < -0.4 is 11.5 Å². The van der Waals surface area contributed by atoms with E-state index in [0.29, 0.717) is 0 Å². The molecule has 1 aliphatic heterocycles. The number of nitrogens with zero attached hydrogens (tertiary/aromatic N) is 2. The van der Waals surface area contributed by atoms with Gasteiger partial charge in [-0.1, -0.05) is 6.92 Å². The summed E-state index contributed by atoms with van der Waals surface area (Å²) < 4.78 is 51.4. The Morgan fingerprint density at radius 3 is 2.47 bits per heavy atom. The van der Waals surface area contributed by atoms with Gasteiger partial charge in [0, 0.05) is 31.7 Å². The van der Waals surface area contributed by atoms with Crippen molar-refractivity contribution in [2.24, 2.45) is 17.4 Å². The summed E-state index contributed by atoms with van der Waals surface area (Å²) in [4.78, 5) is 0. The largest absolute Gasteiger partial charge is 0.329 e. The van der Waals surface area contributed by atoms with E-state index in [0.717, 1.165) is 8.61 Å². The maximum absolute atomic E-state index is 12.5. The molecule has 0 saturated carbocycles. The Labute approximate surface area is 112 Å². The van der Waals surface area contributed by atoms with Crippen LogP contribution in [0.2, 0.25) is 0 Å². The summed E-state index contributed by atoms with van der Waals surface area (Å²) in [5.74, 6) is -0.0337. The summed E-state index contributed by atoms with van der Waals surface area (Å²) in [6.07, 6.45) is -2.73. The number of nitrogens with two attached hydrogens (primary N) is 2. The van der Waals surface area contributed by atoms with Crippen LogP contribution >= 0.6 is 0 Å². The quantitative estimate of drug-likeness (QED) is 0.687. The number of halogens is 2. The third-order valence-corrected chi connectivity index (χ3v) is 5.41. The topological polar surface area (TPSA) is 92.7 Å². The van der Waals surface area contributed by atoms with E-state index < -0.39 is 28.7 Å². The first-order chi connectivity index (χ1) is 8.61. The van der Waals surface area contributed by atoms with Crippen molar-refractivity contribution in [3.63, 3.8) is 0 Å². The molecule has 1 saturated heterocycles. The fourth-order valence-electron chi connectivity index (χ4n) is 2.05. The number of alkyl halides is 2. The molecule has 9 heteroatoms. The zero-order valence-corrected chi connectivity index (χ0v) is 12.0. The summed E-state index contributed by atoms with van der Waals surface area (Å²) in [7, 11) is -3.94. The summed E-state index contributed by atoms with van der Waals surface area (Å²) >= 11 is 0. The van der Waals surface area contributed by atoms with Gasteiger partial charge in [0.25, 0.3) is 16.6 Å². The highest BCUT2D eigenvalue weighted by Crippen LogP contribution is 2.28. The van der Waals surface area contributed by atoms with Crippen LogP contribution in [0.5, 0.6) is 0 Å². The number of rotatable bonds is 6. The van der Waals surface area contributed by atoms with Gasteiger partial charge in [-0.2, -0.15) is 17.0 Å². The highest BCUT2D eigenvalue weighted by atomic mass is 32.2. The first-order valence-electron chi connectivity index (χ1n) is 6.13. The Hall–Kier alpha value is -0.350. The van der Waals surface area contributed by atoms with Gasteiger partial charge in [-0.05, 0) is 12.8 Å². The Morgan fingerprint density at radius 2 is 2.11 bits per heavy atom. The minimum Gasteiger partial charge on any atom is -0.329 e. The second-order valence-corrected chi connectivity index (χ2v) is 7.17. The minimum absolute atomic E-state index is 0.00473. The zero-order valence-electron chi connectivity index (χ0n) is 11.2. The van der Waals surface area contributed by atoms with Crippen molar-refractivity contribution in [2.45, 2.75) is 25.8 Å². The third kappa shape index (κ3) is 3.82. The van der Waals surface area contributed by atoms with Gasteiger partial charge in [-0.25, -0.2) is 8.78 Å². The van der Waals surface area contributed by atoms with Crippen LogP contribution in [0, 0.1) is 5.92 Å². The molecule has 0 aromatic rings. The maximum atomic E-state index is 12.5. The molecule has 1 fully saturated rings. The average Bonchev–Trinajstić information content (AvgIpc) is 2.53. The lowest BCUT2D eigenvalue weighted by atomic mass is 9.92. The van der Waals surface area contributed by atoms with Crippen LogP contribution in [-0.2, 0) is 10.2 Å². The molecule has 0 spiro atoms. The molecule has 114 valence electrons. The molecule has 19 heavy (non-hydrogen) atoms. The molecule has 4 N–H and O–H groups in total. The van der Waals surface area contributed by atoms with E-state index in [9.17, 15) is 17.2 Å². The van der Waals surface area contributed by atoms with Crippen molar-refractivity contribution in [2.75, 3.05) is 32.7 Å². The molecule has 0 aliphatic carbocycles. The molecule has 2 atom stereocenters. The molecule has 1 aliphatic rings. The van der Waals surface area contributed by atoms with Crippen molar-refractivity contribution >= 4 is 10.2 Å². The molecule has 0 amide bonds. The predicted octanol–water partition coefficient (Wildman–Crippen LogP) is -0.574. The standard InChI is InChI=1S/C10H22F2N4O2S/c1-8-5-16(7-10(8,2)14)19(17,18)15(4-3-13)6-9(11)12/h8-9H,3-7,13-14H2,1-2H3/t8-,10-/m0/s1. The molecular formula is C10H22F2N4O2S. The molecule has 6 nitrogen and oxygen atoms in total. The Kier molecular flexibility index (Phi) is 5.24. The molecule has 0 bridgehead atoms. The lowest BCUT2D eigenvalue weighted by molar-refractivity contribution is 0.118. The molecule has 1 heterocycles. The lowest BCUT2D eigenvalue weighted by Crippen LogP contribution is -2.49. The van der Waals surface area contributed by atoms with Gasteiger partial charge in [-0.15, -0.1) is 0 Å². The molecule has 1 rings (SSSR count). The second kappa shape index (κ2) is 5.96. The molecular weight excluding hydrogens is 278 g/mol. The van der Waals surface area contributed by atoms with Gasteiger partial charge < -0.3 is 11.5 Å². The average molecular weight is 300 g/mol. The van der Waals surface area contributed by atoms with Crippen molar-refractivity contribution in [3.8, 4) is 0 Å². The number of hydrogen-bond acceptors (Lipinski definition) is 4. The van der Waals surface area contributed by atoms with Gasteiger partial charge in [0.2, 0.25) is 0 Å². The van der Waals surface area contributed by atoms with Crippen molar-refractivity contribution in [1.82, 2.24) is 8.61 Å². The second-order valence-electron chi connectivity index (χ2n) is 5.24. The highest BCUT2D eigenvalue weighted by Gasteiger charge is 2.44. The van der Waals surface area contributed by atoms with E-state index in [-0.39, 0.29) is 32.1 Å². The van der Waals surface area contributed by atoms with Crippen molar-refractivity contribution < 1.29 is 17.2 Å². The van der Waals surface area contributed by atoms with Crippen LogP contribution in [0.3, 0.4) is 0 Å². The fourth-order valence-corrected chi connectivity index (χ4v) is 3.87. The fraction of sp³-hybridized carbons (Fsp3) is 1.00. The normalized spacial score (nSPS) is 29.6. The summed E-state index contributed by atoms with van der Waals surface area (Å²) in [6.45, 7) is 2.99. The Balaban J connectivity index is 2.89. The van der Waals surface area contributed by atoms with E-state index in [1.807, 2.05) is 6.92 Å². The smallest absolute Gasteiger partial charge is 0.282 e. The van der Waals surface area contributed by atoms with Gasteiger partial charge in [0.1, 0.15) is 0 Å². The van der Waals surface area contributed by atoms with Crippen molar-refractivity contribution in [3.05, 3.63) is 0 Å². The van der Waals surface area contributed by atoms with Crippen LogP contribution in [0.1, 0.15) is 13.8 Å². The highest BCUT2D eigenvalue weighted by molar-refractivity contribution is 7.86. The van der Waals surface area contributed by atoms with Crippen LogP contribution in [0.15, 0.2) is 0 Å². The van der Waals surface area contributed by atoms with E-state index in [2.05, 4.69) is 0 Å². The van der Waals surface area contributed by atoms with Crippen LogP contribution in [-0.4, -0.2) is 61.7 Å². The van der Waals surface area contributed by atoms with Gasteiger partial charge >= 0.3 is 0 Å².